The van der Waals surface area contributed by atoms with Crippen molar-refractivity contribution in [1.82, 2.24) is 4.57 Å². The van der Waals surface area contributed by atoms with E-state index in [2.05, 4.69) is 0 Å². The van der Waals surface area contributed by atoms with E-state index in [1.165, 1.54) is 0 Å². The topological polar surface area (TPSA) is 42.2 Å². The fraction of sp³-hybridized carbons (Fsp3) is 0.0833. The zero-order valence-corrected chi connectivity index (χ0v) is 9.15. The molecule has 1 atom stereocenters. The number of aromatic nitrogens is 1. The van der Waals surface area contributed by atoms with Gasteiger partial charge in [0.1, 0.15) is 6.04 Å². The van der Waals surface area contributed by atoms with Gasteiger partial charge in [-0.1, -0.05) is 6.08 Å². The normalized spacial score (nSPS) is 21.2. The van der Waals surface area contributed by atoms with E-state index in [-0.39, 0.29) is 0 Å². The van der Waals surface area contributed by atoms with Crippen LogP contribution in [0.4, 0.5) is 0 Å². The van der Waals surface area contributed by atoms with Crippen molar-refractivity contribution in [2.45, 2.75) is 6.04 Å². The van der Waals surface area contributed by atoms with Crippen molar-refractivity contribution < 1.29 is 9.90 Å². The van der Waals surface area contributed by atoms with Crippen LogP contribution in [-0.4, -0.2) is 15.6 Å². The molecule has 0 saturated carbocycles. The maximum Gasteiger partial charge on any atom is 0.330 e. The predicted octanol–water partition coefficient (Wildman–Crippen LogP) is 0.833. The molecule has 0 bridgehead atoms. The lowest BCUT2D eigenvalue weighted by atomic mass is 10.1. The second kappa shape index (κ2) is 3.42. The van der Waals surface area contributed by atoms with Crippen LogP contribution in [-0.2, 0) is 4.79 Å². The fourth-order valence-electron chi connectivity index (χ4n) is 2.03. The first-order valence-corrected chi connectivity index (χ1v) is 5.86. The molecule has 16 heavy (non-hydrogen) atoms. The molecule has 4 heteroatoms. The molecule has 1 unspecified atom stereocenters. The summed E-state index contributed by atoms with van der Waals surface area (Å²) in [6.07, 6.45) is 7.45. The standard InChI is InChI=1S/C12H9NO2S/c14-12(15)10-2-1-8-4-6-16-7-9-3-5-13(10)11(8)9/h1-7,10H,(H,14,15). The van der Waals surface area contributed by atoms with E-state index in [0.29, 0.717) is 0 Å². The SMILES string of the molecule is O=C(O)C1C=CC2=c3c(ccn31)=CSC=C2. The van der Waals surface area contributed by atoms with Gasteiger partial charge in [-0.25, -0.2) is 4.79 Å². The van der Waals surface area contributed by atoms with Gasteiger partial charge in [0.05, 0.1) is 5.35 Å². The van der Waals surface area contributed by atoms with Gasteiger partial charge in [0.2, 0.25) is 0 Å². The van der Waals surface area contributed by atoms with Crippen LogP contribution < -0.4 is 10.6 Å². The second-order valence-electron chi connectivity index (χ2n) is 3.68. The number of allylic oxidation sites excluding steroid dienone is 2. The molecule has 0 fully saturated rings. The molecule has 0 amide bonds. The summed E-state index contributed by atoms with van der Waals surface area (Å²) in [7, 11) is 0. The fourth-order valence-corrected chi connectivity index (χ4v) is 2.67. The Balaban J connectivity index is 2.38. The molecule has 3 nitrogen and oxygen atoms in total. The third kappa shape index (κ3) is 1.27. The molecule has 2 aliphatic rings. The van der Waals surface area contributed by atoms with Gasteiger partial charge >= 0.3 is 5.97 Å². The lowest BCUT2D eigenvalue weighted by Gasteiger charge is -2.15. The quantitative estimate of drug-likeness (QED) is 0.778. The zero-order chi connectivity index (χ0) is 11.1. The van der Waals surface area contributed by atoms with E-state index in [9.17, 15) is 4.79 Å². The number of hydrogen-bond donors (Lipinski definition) is 1. The van der Waals surface area contributed by atoms with Crippen LogP contribution in [0.25, 0.3) is 11.0 Å². The summed E-state index contributed by atoms with van der Waals surface area (Å²) in [5.41, 5.74) is 1.07. The Hall–Kier alpha value is -1.68. The maximum atomic E-state index is 11.1. The summed E-state index contributed by atoms with van der Waals surface area (Å²) in [6.45, 7) is 0. The van der Waals surface area contributed by atoms with Crippen molar-refractivity contribution in [2.75, 3.05) is 0 Å². The molecule has 0 aromatic carbocycles. The number of aliphatic carboxylic acids is 1. The van der Waals surface area contributed by atoms with E-state index in [4.69, 9.17) is 5.11 Å². The summed E-state index contributed by atoms with van der Waals surface area (Å²) in [4.78, 5) is 11.1. The summed E-state index contributed by atoms with van der Waals surface area (Å²) in [6, 6.07) is 1.37. The largest absolute Gasteiger partial charge is 0.479 e. The second-order valence-corrected chi connectivity index (χ2v) is 4.46. The van der Waals surface area contributed by atoms with Gasteiger partial charge in [-0.3, -0.25) is 0 Å². The Morgan fingerprint density at radius 2 is 2.31 bits per heavy atom. The summed E-state index contributed by atoms with van der Waals surface area (Å²) >= 11 is 1.61. The number of carboxylic acids is 1. The lowest BCUT2D eigenvalue weighted by Crippen LogP contribution is -2.36. The molecule has 0 spiro atoms. The maximum absolute atomic E-state index is 11.1. The van der Waals surface area contributed by atoms with E-state index in [0.717, 1.165) is 16.1 Å². The van der Waals surface area contributed by atoms with Crippen molar-refractivity contribution in [1.29, 1.82) is 0 Å². The highest BCUT2D eigenvalue weighted by Gasteiger charge is 2.20. The van der Waals surface area contributed by atoms with Crippen molar-refractivity contribution >= 4 is 28.7 Å². The Morgan fingerprint density at radius 3 is 3.12 bits per heavy atom. The summed E-state index contributed by atoms with van der Waals surface area (Å²) < 4.78 is 1.81. The van der Waals surface area contributed by atoms with Gasteiger partial charge in [-0.05, 0) is 34.6 Å². The first-order chi connectivity index (χ1) is 7.77. The molecule has 1 aromatic heterocycles. The van der Waals surface area contributed by atoms with Crippen molar-refractivity contribution in [3.63, 3.8) is 0 Å². The van der Waals surface area contributed by atoms with E-state index in [1.807, 2.05) is 35.2 Å². The van der Waals surface area contributed by atoms with Crippen molar-refractivity contribution in [3.05, 3.63) is 46.5 Å². The van der Waals surface area contributed by atoms with E-state index >= 15 is 0 Å². The van der Waals surface area contributed by atoms with Gasteiger partial charge in [-0.15, -0.1) is 11.8 Å². The highest BCUT2D eigenvalue weighted by Crippen LogP contribution is 2.17. The van der Waals surface area contributed by atoms with Crippen LogP contribution in [0.1, 0.15) is 6.04 Å². The Kier molecular flexibility index (Phi) is 2.04. The molecular formula is C12H9NO2S. The van der Waals surface area contributed by atoms with Crippen LogP contribution in [0.5, 0.6) is 0 Å². The Bertz CT molecular complexity index is 636. The van der Waals surface area contributed by atoms with Gasteiger partial charge in [0.25, 0.3) is 0 Å². The predicted molar refractivity (Wildman–Crippen MR) is 64.1 cm³/mol. The number of thioether (sulfide) groups is 1. The number of carboxylic acid groups (broad SMARTS) is 1. The van der Waals surface area contributed by atoms with Crippen LogP contribution in [0, 0.1) is 0 Å². The number of carbonyl (C=O) groups is 1. The average molecular weight is 231 g/mol. The monoisotopic (exact) mass is 231 g/mol. The van der Waals surface area contributed by atoms with E-state index in [1.54, 1.807) is 22.4 Å². The molecule has 2 aliphatic heterocycles. The van der Waals surface area contributed by atoms with Gasteiger partial charge in [-0.2, -0.15) is 0 Å². The summed E-state index contributed by atoms with van der Waals surface area (Å²) in [5, 5.41) is 15.2. The molecule has 3 rings (SSSR count). The van der Waals surface area contributed by atoms with Crippen LogP contribution >= 0.6 is 11.8 Å². The highest BCUT2D eigenvalue weighted by atomic mass is 32.2. The number of nitrogens with zero attached hydrogens (tertiary/aromatic N) is 1. The van der Waals surface area contributed by atoms with Gasteiger partial charge in [0, 0.05) is 11.4 Å². The molecule has 1 N–H and O–H groups in total. The highest BCUT2D eigenvalue weighted by molar-refractivity contribution is 8.09. The minimum atomic E-state index is -0.824. The van der Waals surface area contributed by atoms with Gasteiger partial charge in [0.15, 0.2) is 0 Å². The Labute approximate surface area is 96.1 Å². The van der Waals surface area contributed by atoms with E-state index < -0.39 is 12.0 Å². The lowest BCUT2D eigenvalue weighted by molar-refractivity contribution is -0.139. The molecular weight excluding hydrogens is 222 g/mol. The summed E-state index contributed by atoms with van der Waals surface area (Å²) in [5.74, 6) is -0.824. The molecule has 1 aromatic rings. The minimum Gasteiger partial charge on any atom is -0.479 e. The number of hydrogen-bond acceptors (Lipinski definition) is 2. The third-order valence-electron chi connectivity index (χ3n) is 2.75. The minimum absolute atomic E-state index is 0.586. The Morgan fingerprint density at radius 1 is 1.44 bits per heavy atom. The molecule has 80 valence electrons. The van der Waals surface area contributed by atoms with Crippen molar-refractivity contribution in [3.8, 4) is 0 Å². The third-order valence-corrected chi connectivity index (χ3v) is 3.43. The zero-order valence-electron chi connectivity index (χ0n) is 8.33. The molecule has 0 radical (unpaired) electrons. The van der Waals surface area contributed by atoms with Crippen molar-refractivity contribution in [2.24, 2.45) is 0 Å². The molecule has 3 heterocycles. The van der Waals surface area contributed by atoms with Crippen LogP contribution in [0.3, 0.4) is 0 Å². The van der Waals surface area contributed by atoms with Gasteiger partial charge < -0.3 is 9.67 Å². The molecule has 0 aliphatic carbocycles. The number of rotatable bonds is 1. The first kappa shape index (κ1) is 9.54. The smallest absolute Gasteiger partial charge is 0.330 e. The molecule has 0 saturated heterocycles. The first-order valence-electron chi connectivity index (χ1n) is 4.92. The average Bonchev–Trinajstić information content (AvgIpc) is 2.56. The van der Waals surface area contributed by atoms with Crippen LogP contribution in [0.2, 0.25) is 0 Å². The van der Waals surface area contributed by atoms with Crippen LogP contribution in [0.15, 0.2) is 35.9 Å².